The molecule has 0 fully saturated rings. The molecule has 1 aliphatic heterocycles. The van der Waals surface area contributed by atoms with Gasteiger partial charge in [-0.1, -0.05) is 35.3 Å². The highest BCUT2D eigenvalue weighted by Crippen LogP contribution is 2.38. The highest BCUT2D eigenvalue weighted by atomic mass is 35.5. The smallest absolute Gasteiger partial charge is 0.240 e. The van der Waals surface area contributed by atoms with Crippen molar-refractivity contribution in [2.24, 2.45) is 5.73 Å². The Labute approximate surface area is 157 Å². The van der Waals surface area contributed by atoms with Crippen LogP contribution in [0.5, 0.6) is 0 Å². The number of hydrogen-bond donors (Lipinski definition) is 2. The minimum absolute atomic E-state index is 0.136. The zero-order valence-corrected chi connectivity index (χ0v) is 15.7. The molecule has 6 heteroatoms. The Kier molecular flexibility index (Phi) is 5.35. The van der Waals surface area contributed by atoms with E-state index in [-0.39, 0.29) is 11.8 Å². The second-order valence-electron chi connectivity index (χ2n) is 6.61. The zero-order valence-electron chi connectivity index (χ0n) is 14.2. The fourth-order valence-electron chi connectivity index (χ4n) is 3.22. The van der Waals surface area contributed by atoms with Crippen molar-refractivity contribution in [3.05, 3.63) is 63.1 Å². The SMILES string of the molecule is CC(N)C(=O)Nc1cccc(C2CN(C)Cc3c(Cl)cc(Cl)cc32)c1. The molecule has 4 nitrogen and oxygen atoms in total. The van der Waals surface area contributed by atoms with Gasteiger partial charge in [0.2, 0.25) is 5.91 Å². The largest absolute Gasteiger partial charge is 0.325 e. The summed E-state index contributed by atoms with van der Waals surface area (Å²) in [5.74, 6) is -0.0681. The van der Waals surface area contributed by atoms with Crippen LogP contribution in [0.2, 0.25) is 10.0 Å². The molecule has 1 heterocycles. The van der Waals surface area contributed by atoms with Crippen molar-refractivity contribution in [2.45, 2.75) is 25.4 Å². The van der Waals surface area contributed by atoms with Crippen LogP contribution in [0.4, 0.5) is 5.69 Å². The Balaban J connectivity index is 1.99. The molecule has 0 aromatic heterocycles. The molecular formula is C19H21Cl2N3O. The number of nitrogens with zero attached hydrogens (tertiary/aromatic N) is 1. The Morgan fingerprint density at radius 3 is 2.80 bits per heavy atom. The summed E-state index contributed by atoms with van der Waals surface area (Å²) in [5, 5.41) is 4.18. The van der Waals surface area contributed by atoms with E-state index in [9.17, 15) is 4.79 Å². The van der Waals surface area contributed by atoms with E-state index in [1.54, 1.807) is 13.0 Å². The third kappa shape index (κ3) is 3.98. The fourth-order valence-corrected chi connectivity index (χ4v) is 3.79. The Morgan fingerprint density at radius 1 is 1.32 bits per heavy atom. The molecule has 0 saturated heterocycles. The first-order valence-corrected chi connectivity index (χ1v) is 8.93. The van der Waals surface area contributed by atoms with Gasteiger partial charge in [0.05, 0.1) is 6.04 Å². The number of likely N-dealkylation sites (N-methyl/N-ethyl adjacent to an activating group) is 1. The van der Waals surface area contributed by atoms with Gasteiger partial charge in [0.1, 0.15) is 0 Å². The van der Waals surface area contributed by atoms with Crippen molar-refractivity contribution in [3.63, 3.8) is 0 Å². The molecule has 0 bridgehead atoms. The minimum Gasteiger partial charge on any atom is -0.325 e. The fraction of sp³-hybridized carbons (Fsp3) is 0.316. The maximum atomic E-state index is 11.9. The average Bonchev–Trinajstić information content (AvgIpc) is 2.55. The predicted octanol–water partition coefficient (Wildman–Crippen LogP) is 3.86. The third-order valence-electron chi connectivity index (χ3n) is 4.46. The van der Waals surface area contributed by atoms with Gasteiger partial charge in [0, 0.05) is 34.7 Å². The van der Waals surface area contributed by atoms with Crippen molar-refractivity contribution in [3.8, 4) is 0 Å². The normalized spacial score (nSPS) is 18.5. The van der Waals surface area contributed by atoms with Gasteiger partial charge in [-0.2, -0.15) is 0 Å². The van der Waals surface area contributed by atoms with Gasteiger partial charge in [0.25, 0.3) is 0 Å². The molecule has 0 saturated carbocycles. The highest BCUT2D eigenvalue weighted by Gasteiger charge is 2.27. The van der Waals surface area contributed by atoms with Gasteiger partial charge in [-0.15, -0.1) is 0 Å². The number of fused-ring (bicyclic) bond motifs is 1. The van der Waals surface area contributed by atoms with E-state index in [0.29, 0.717) is 10.0 Å². The Bertz CT molecular complexity index is 807. The number of amides is 1. The molecule has 3 N–H and O–H groups in total. The standard InChI is InChI=1S/C19H21Cl2N3O/c1-11(22)19(25)23-14-5-3-4-12(6-14)16-9-24(2)10-17-15(16)7-13(20)8-18(17)21/h3-8,11,16H,9-10,22H2,1-2H3,(H,23,25). The van der Waals surface area contributed by atoms with E-state index in [1.165, 1.54) is 0 Å². The van der Waals surface area contributed by atoms with Gasteiger partial charge >= 0.3 is 0 Å². The van der Waals surface area contributed by atoms with Crippen molar-refractivity contribution < 1.29 is 4.79 Å². The quantitative estimate of drug-likeness (QED) is 0.853. The summed E-state index contributed by atoms with van der Waals surface area (Å²) in [6.45, 7) is 3.31. The number of benzene rings is 2. The Morgan fingerprint density at radius 2 is 2.08 bits per heavy atom. The minimum atomic E-state index is -0.553. The number of nitrogens with two attached hydrogens (primary N) is 1. The van der Waals surface area contributed by atoms with Crippen molar-refractivity contribution in [1.82, 2.24) is 4.90 Å². The van der Waals surface area contributed by atoms with Gasteiger partial charge < -0.3 is 16.0 Å². The topological polar surface area (TPSA) is 58.4 Å². The molecule has 1 aliphatic rings. The molecule has 3 rings (SSSR count). The lowest BCUT2D eigenvalue weighted by molar-refractivity contribution is -0.117. The van der Waals surface area contributed by atoms with Gasteiger partial charge in [0.15, 0.2) is 0 Å². The summed E-state index contributed by atoms with van der Waals surface area (Å²) in [4.78, 5) is 14.1. The van der Waals surface area contributed by atoms with Crippen LogP contribution in [-0.4, -0.2) is 30.4 Å². The van der Waals surface area contributed by atoms with Crippen LogP contribution in [0.15, 0.2) is 36.4 Å². The molecule has 25 heavy (non-hydrogen) atoms. The number of anilines is 1. The number of halogens is 2. The lowest BCUT2D eigenvalue weighted by Gasteiger charge is -2.33. The first-order valence-electron chi connectivity index (χ1n) is 8.18. The second-order valence-corrected chi connectivity index (χ2v) is 7.45. The van der Waals surface area contributed by atoms with E-state index in [2.05, 4.69) is 23.3 Å². The number of carbonyl (C=O) groups excluding carboxylic acids is 1. The van der Waals surface area contributed by atoms with E-state index in [4.69, 9.17) is 28.9 Å². The summed E-state index contributed by atoms with van der Waals surface area (Å²) in [6.07, 6.45) is 0. The van der Waals surface area contributed by atoms with Crippen molar-refractivity contribution in [1.29, 1.82) is 0 Å². The van der Waals surface area contributed by atoms with Crippen LogP contribution in [0, 0.1) is 0 Å². The molecule has 0 spiro atoms. The van der Waals surface area contributed by atoms with Crippen LogP contribution < -0.4 is 11.1 Å². The van der Waals surface area contributed by atoms with Gasteiger partial charge in [-0.3, -0.25) is 4.79 Å². The summed E-state index contributed by atoms with van der Waals surface area (Å²) in [7, 11) is 2.07. The first-order chi connectivity index (χ1) is 11.8. The monoisotopic (exact) mass is 377 g/mol. The lowest BCUT2D eigenvalue weighted by atomic mass is 9.84. The molecular weight excluding hydrogens is 357 g/mol. The van der Waals surface area contributed by atoms with Gasteiger partial charge in [-0.05, 0) is 54.9 Å². The van der Waals surface area contributed by atoms with E-state index in [0.717, 1.165) is 35.5 Å². The van der Waals surface area contributed by atoms with Gasteiger partial charge in [-0.25, -0.2) is 0 Å². The van der Waals surface area contributed by atoms with Crippen LogP contribution in [-0.2, 0) is 11.3 Å². The predicted molar refractivity (Wildman–Crippen MR) is 103 cm³/mol. The molecule has 132 valence electrons. The number of rotatable bonds is 3. The summed E-state index contributed by atoms with van der Waals surface area (Å²) < 4.78 is 0. The highest BCUT2D eigenvalue weighted by molar-refractivity contribution is 6.35. The van der Waals surface area contributed by atoms with E-state index < -0.39 is 6.04 Å². The molecule has 2 aromatic carbocycles. The molecule has 0 aliphatic carbocycles. The third-order valence-corrected chi connectivity index (χ3v) is 5.02. The van der Waals surface area contributed by atoms with Crippen LogP contribution in [0.25, 0.3) is 0 Å². The van der Waals surface area contributed by atoms with Crippen molar-refractivity contribution >= 4 is 34.8 Å². The molecule has 2 unspecified atom stereocenters. The van der Waals surface area contributed by atoms with Crippen LogP contribution in [0.3, 0.4) is 0 Å². The summed E-state index contributed by atoms with van der Waals surface area (Å²) >= 11 is 12.7. The molecule has 0 radical (unpaired) electrons. The van der Waals surface area contributed by atoms with Crippen LogP contribution in [0.1, 0.15) is 29.5 Å². The van der Waals surface area contributed by atoms with E-state index >= 15 is 0 Å². The summed E-state index contributed by atoms with van der Waals surface area (Å²) in [5.41, 5.74) is 9.73. The zero-order chi connectivity index (χ0) is 18.1. The number of nitrogens with one attached hydrogen (secondary N) is 1. The summed E-state index contributed by atoms with van der Waals surface area (Å²) in [6, 6.07) is 11.1. The average molecular weight is 378 g/mol. The lowest BCUT2D eigenvalue weighted by Crippen LogP contribution is -2.33. The maximum absolute atomic E-state index is 11.9. The molecule has 2 aromatic rings. The van der Waals surface area contributed by atoms with E-state index in [1.807, 2.05) is 24.3 Å². The molecule has 1 amide bonds. The number of hydrogen-bond acceptors (Lipinski definition) is 3. The van der Waals surface area contributed by atoms with Crippen LogP contribution >= 0.6 is 23.2 Å². The number of carbonyl (C=O) groups is 1. The first kappa shape index (κ1) is 18.2. The van der Waals surface area contributed by atoms with Crippen molar-refractivity contribution in [2.75, 3.05) is 18.9 Å². The Hall–Kier alpha value is -1.59. The molecule has 2 atom stereocenters. The second kappa shape index (κ2) is 7.34. The maximum Gasteiger partial charge on any atom is 0.240 e.